The van der Waals surface area contributed by atoms with Crippen molar-refractivity contribution >= 4 is 45.3 Å². The maximum atomic E-state index is 4.55. The molecule has 0 saturated heterocycles. The molecular formula is C14H16BrN3S2. The smallest absolute Gasteiger partial charge is 0.190 e. The van der Waals surface area contributed by atoms with Crippen LogP contribution < -0.4 is 5.32 Å². The Morgan fingerprint density at radius 3 is 2.75 bits per heavy atom. The monoisotopic (exact) mass is 369 g/mol. The fourth-order valence-electron chi connectivity index (χ4n) is 1.53. The molecule has 20 heavy (non-hydrogen) atoms. The van der Waals surface area contributed by atoms with Crippen LogP contribution in [-0.2, 0) is 0 Å². The molecule has 0 fully saturated rings. The third-order valence-corrected chi connectivity index (χ3v) is 4.97. The Morgan fingerprint density at radius 2 is 2.05 bits per heavy atom. The van der Waals surface area contributed by atoms with Gasteiger partial charge in [-0.05, 0) is 40.7 Å². The first-order valence-electron chi connectivity index (χ1n) is 6.32. The molecule has 2 aromatic rings. The van der Waals surface area contributed by atoms with E-state index in [2.05, 4.69) is 44.2 Å². The summed E-state index contributed by atoms with van der Waals surface area (Å²) in [5, 5.41) is 5.07. The normalized spacial score (nSPS) is 10.6. The number of rotatable bonds is 6. The largest absolute Gasteiger partial charge is 0.370 e. The summed E-state index contributed by atoms with van der Waals surface area (Å²) in [7, 11) is 0. The van der Waals surface area contributed by atoms with Gasteiger partial charge in [0.1, 0.15) is 10.8 Å². The lowest BCUT2D eigenvalue weighted by atomic mass is 10.4. The van der Waals surface area contributed by atoms with Crippen LogP contribution in [0.25, 0.3) is 0 Å². The number of hydrogen-bond donors (Lipinski definition) is 1. The molecular weight excluding hydrogens is 354 g/mol. The van der Waals surface area contributed by atoms with E-state index in [1.54, 1.807) is 23.5 Å². The van der Waals surface area contributed by atoms with Gasteiger partial charge in [0.05, 0.1) is 0 Å². The summed E-state index contributed by atoms with van der Waals surface area (Å²) in [6.45, 7) is 3.06. The summed E-state index contributed by atoms with van der Waals surface area (Å²) in [4.78, 5) is 10.2. The molecule has 0 radical (unpaired) electrons. The van der Waals surface area contributed by atoms with Crippen molar-refractivity contribution in [3.05, 3.63) is 34.8 Å². The van der Waals surface area contributed by atoms with Crippen molar-refractivity contribution in [2.45, 2.75) is 28.4 Å². The maximum Gasteiger partial charge on any atom is 0.190 e. The molecule has 0 spiro atoms. The topological polar surface area (TPSA) is 37.8 Å². The first-order valence-corrected chi connectivity index (χ1v) is 9.15. The van der Waals surface area contributed by atoms with Crippen LogP contribution in [0.4, 0.5) is 5.82 Å². The van der Waals surface area contributed by atoms with Crippen molar-refractivity contribution in [3.8, 4) is 0 Å². The van der Waals surface area contributed by atoms with Gasteiger partial charge in [-0.15, -0.1) is 0 Å². The number of benzene rings is 1. The van der Waals surface area contributed by atoms with Gasteiger partial charge in [-0.2, -0.15) is 0 Å². The molecule has 0 aliphatic rings. The lowest BCUT2D eigenvalue weighted by Gasteiger charge is -2.08. The maximum absolute atomic E-state index is 4.55. The van der Waals surface area contributed by atoms with Crippen molar-refractivity contribution in [1.29, 1.82) is 0 Å². The van der Waals surface area contributed by atoms with Crippen molar-refractivity contribution in [3.63, 3.8) is 0 Å². The summed E-state index contributed by atoms with van der Waals surface area (Å²) in [6.07, 6.45) is 3.07. The van der Waals surface area contributed by atoms with E-state index in [1.807, 2.05) is 30.5 Å². The van der Waals surface area contributed by atoms with Gasteiger partial charge in [-0.3, -0.25) is 0 Å². The van der Waals surface area contributed by atoms with Crippen molar-refractivity contribution in [2.24, 2.45) is 0 Å². The fourth-order valence-corrected chi connectivity index (χ4v) is 3.34. The summed E-state index contributed by atoms with van der Waals surface area (Å²) >= 11 is 6.76. The van der Waals surface area contributed by atoms with E-state index < -0.39 is 0 Å². The molecule has 0 atom stereocenters. The van der Waals surface area contributed by atoms with Crippen molar-refractivity contribution < 1.29 is 0 Å². The molecule has 1 N–H and O–H groups in total. The van der Waals surface area contributed by atoms with E-state index in [1.165, 1.54) is 0 Å². The standard InChI is InChI=1S/C14H16BrN3S2/c1-3-8-16-12-9-13(18-14(17-12)19-2)20-11-7-5-4-6-10(11)15/h4-7,9H,3,8H2,1-2H3,(H,16,17,18). The lowest BCUT2D eigenvalue weighted by molar-refractivity contribution is 0.878. The van der Waals surface area contributed by atoms with E-state index in [-0.39, 0.29) is 0 Å². The number of thioether (sulfide) groups is 1. The number of nitrogens with zero attached hydrogens (tertiary/aromatic N) is 2. The van der Waals surface area contributed by atoms with Gasteiger partial charge in [0, 0.05) is 22.0 Å². The number of anilines is 1. The molecule has 0 aliphatic carbocycles. The highest BCUT2D eigenvalue weighted by Crippen LogP contribution is 2.33. The molecule has 106 valence electrons. The van der Waals surface area contributed by atoms with Crippen LogP contribution in [-0.4, -0.2) is 22.8 Å². The second-order valence-corrected chi connectivity index (χ2v) is 6.73. The zero-order valence-electron chi connectivity index (χ0n) is 11.4. The highest BCUT2D eigenvalue weighted by Gasteiger charge is 2.07. The van der Waals surface area contributed by atoms with Gasteiger partial charge in [-0.1, -0.05) is 42.6 Å². The molecule has 0 amide bonds. The van der Waals surface area contributed by atoms with Crippen LogP contribution in [0.15, 0.2) is 49.9 Å². The van der Waals surface area contributed by atoms with Gasteiger partial charge in [-0.25, -0.2) is 9.97 Å². The first kappa shape index (κ1) is 15.7. The zero-order valence-corrected chi connectivity index (χ0v) is 14.6. The van der Waals surface area contributed by atoms with Gasteiger partial charge in [0.2, 0.25) is 0 Å². The highest BCUT2D eigenvalue weighted by atomic mass is 79.9. The summed E-state index contributed by atoms with van der Waals surface area (Å²) in [5.41, 5.74) is 0. The molecule has 1 aromatic carbocycles. The third-order valence-electron chi connectivity index (χ3n) is 2.47. The SMILES string of the molecule is CCCNc1cc(Sc2ccccc2Br)nc(SC)n1. The zero-order chi connectivity index (χ0) is 14.4. The Balaban J connectivity index is 2.24. The molecule has 6 heteroatoms. The Labute approximate surface area is 136 Å². The highest BCUT2D eigenvalue weighted by molar-refractivity contribution is 9.10. The second kappa shape index (κ2) is 7.90. The van der Waals surface area contributed by atoms with Crippen LogP contribution in [0.3, 0.4) is 0 Å². The van der Waals surface area contributed by atoms with E-state index in [0.29, 0.717) is 0 Å². The van der Waals surface area contributed by atoms with Crippen LogP contribution in [0, 0.1) is 0 Å². The Bertz CT molecular complexity index is 578. The number of halogens is 1. The predicted octanol–water partition coefficient (Wildman–Crippen LogP) is 4.93. The molecule has 1 heterocycles. The minimum absolute atomic E-state index is 0.792. The Morgan fingerprint density at radius 1 is 1.25 bits per heavy atom. The fraction of sp³-hybridized carbons (Fsp3) is 0.286. The van der Waals surface area contributed by atoms with E-state index in [9.17, 15) is 0 Å². The number of nitrogens with one attached hydrogen (secondary N) is 1. The predicted molar refractivity (Wildman–Crippen MR) is 90.9 cm³/mol. The average molecular weight is 370 g/mol. The minimum Gasteiger partial charge on any atom is -0.370 e. The van der Waals surface area contributed by atoms with E-state index in [0.717, 1.165) is 38.3 Å². The van der Waals surface area contributed by atoms with Gasteiger partial charge < -0.3 is 5.32 Å². The van der Waals surface area contributed by atoms with Gasteiger partial charge in [0.25, 0.3) is 0 Å². The average Bonchev–Trinajstić information content (AvgIpc) is 2.47. The number of hydrogen-bond acceptors (Lipinski definition) is 5. The van der Waals surface area contributed by atoms with Gasteiger partial charge in [0.15, 0.2) is 5.16 Å². The van der Waals surface area contributed by atoms with Crippen LogP contribution in [0.5, 0.6) is 0 Å². The quantitative estimate of drug-likeness (QED) is 0.443. The van der Waals surface area contributed by atoms with Crippen LogP contribution >= 0.6 is 39.5 Å². The second-order valence-electron chi connectivity index (χ2n) is 4.04. The van der Waals surface area contributed by atoms with Crippen molar-refractivity contribution in [1.82, 2.24) is 9.97 Å². The minimum atomic E-state index is 0.792. The Kier molecular flexibility index (Phi) is 6.19. The molecule has 1 aromatic heterocycles. The molecule has 2 rings (SSSR count). The lowest BCUT2D eigenvalue weighted by Crippen LogP contribution is -2.03. The summed E-state index contributed by atoms with van der Waals surface area (Å²) < 4.78 is 1.08. The van der Waals surface area contributed by atoms with E-state index >= 15 is 0 Å². The molecule has 3 nitrogen and oxygen atoms in total. The first-order chi connectivity index (χ1) is 9.72. The number of aromatic nitrogens is 2. The molecule has 0 aliphatic heterocycles. The van der Waals surface area contributed by atoms with E-state index in [4.69, 9.17) is 0 Å². The van der Waals surface area contributed by atoms with Crippen LogP contribution in [0.1, 0.15) is 13.3 Å². The van der Waals surface area contributed by atoms with Gasteiger partial charge >= 0.3 is 0 Å². The summed E-state index contributed by atoms with van der Waals surface area (Å²) in [6, 6.07) is 10.2. The van der Waals surface area contributed by atoms with Crippen molar-refractivity contribution in [2.75, 3.05) is 18.1 Å². The molecule has 0 saturated carbocycles. The molecule has 0 bridgehead atoms. The third kappa shape index (κ3) is 4.40. The Hall–Kier alpha value is -0.720. The van der Waals surface area contributed by atoms with Crippen LogP contribution in [0.2, 0.25) is 0 Å². The summed E-state index contributed by atoms with van der Waals surface area (Å²) in [5.74, 6) is 0.890. The molecule has 0 unspecified atom stereocenters.